The van der Waals surface area contributed by atoms with Crippen LogP contribution in [0.5, 0.6) is 0 Å². The highest BCUT2D eigenvalue weighted by Crippen LogP contribution is 2.20. The van der Waals surface area contributed by atoms with Gasteiger partial charge in [-0.2, -0.15) is 0 Å². The van der Waals surface area contributed by atoms with Crippen LogP contribution in [-0.4, -0.2) is 17.8 Å². The Balaban J connectivity index is 3.48. The van der Waals surface area contributed by atoms with Gasteiger partial charge in [-0.3, -0.25) is 4.79 Å². The summed E-state index contributed by atoms with van der Waals surface area (Å²) >= 11 is 3.45. The van der Waals surface area contributed by atoms with Gasteiger partial charge in [-0.1, -0.05) is 68.8 Å². The molecule has 0 rings (SSSR count). The minimum Gasteiger partial charge on any atom is -0.356 e. The lowest BCUT2D eigenvalue weighted by atomic mass is 9.90. The van der Waals surface area contributed by atoms with Crippen molar-refractivity contribution in [3.8, 4) is 0 Å². The molecule has 0 aromatic heterocycles. The number of carbonyl (C=O) groups excluding carboxylic acids is 1. The molecule has 0 aliphatic carbocycles. The second-order valence-electron chi connectivity index (χ2n) is 5.90. The summed E-state index contributed by atoms with van der Waals surface area (Å²) in [4.78, 5) is 11.7. The van der Waals surface area contributed by atoms with Crippen molar-refractivity contribution in [2.24, 2.45) is 5.41 Å². The SMILES string of the molecule is CCCCCCCCC(=O)NCC(C)(C)CCBr. The van der Waals surface area contributed by atoms with Crippen LogP contribution in [-0.2, 0) is 4.79 Å². The first-order valence-corrected chi connectivity index (χ1v) is 8.46. The molecule has 0 spiro atoms. The monoisotopic (exact) mass is 319 g/mol. The zero-order valence-corrected chi connectivity index (χ0v) is 13.9. The fourth-order valence-corrected chi connectivity index (χ4v) is 2.91. The molecule has 0 heterocycles. The lowest BCUT2D eigenvalue weighted by Crippen LogP contribution is -2.34. The van der Waals surface area contributed by atoms with Crippen molar-refractivity contribution in [3.63, 3.8) is 0 Å². The molecule has 108 valence electrons. The predicted molar refractivity (Wildman–Crippen MR) is 83.2 cm³/mol. The number of alkyl halides is 1. The second-order valence-corrected chi connectivity index (χ2v) is 6.69. The fraction of sp³-hybridized carbons (Fsp3) is 0.933. The van der Waals surface area contributed by atoms with Crippen LogP contribution in [0, 0.1) is 5.41 Å². The van der Waals surface area contributed by atoms with Crippen molar-refractivity contribution in [1.29, 1.82) is 0 Å². The van der Waals surface area contributed by atoms with Crippen LogP contribution in [0.3, 0.4) is 0 Å². The molecule has 0 aromatic carbocycles. The highest BCUT2D eigenvalue weighted by atomic mass is 79.9. The summed E-state index contributed by atoms with van der Waals surface area (Å²) in [6.45, 7) is 7.40. The first-order chi connectivity index (χ1) is 8.52. The number of hydrogen-bond donors (Lipinski definition) is 1. The summed E-state index contributed by atoms with van der Waals surface area (Å²) in [5.74, 6) is 0.216. The normalized spacial score (nSPS) is 11.6. The maximum absolute atomic E-state index is 11.7. The molecular weight excluding hydrogens is 290 g/mol. The Morgan fingerprint density at radius 1 is 1.11 bits per heavy atom. The van der Waals surface area contributed by atoms with Gasteiger partial charge >= 0.3 is 0 Å². The zero-order chi connectivity index (χ0) is 13.9. The van der Waals surface area contributed by atoms with E-state index in [4.69, 9.17) is 0 Å². The van der Waals surface area contributed by atoms with Gasteiger partial charge in [0.1, 0.15) is 0 Å². The van der Waals surface area contributed by atoms with E-state index in [1.165, 1.54) is 32.1 Å². The van der Waals surface area contributed by atoms with E-state index in [0.29, 0.717) is 6.42 Å². The van der Waals surface area contributed by atoms with Gasteiger partial charge in [0.05, 0.1) is 0 Å². The highest BCUT2D eigenvalue weighted by Gasteiger charge is 2.17. The summed E-state index contributed by atoms with van der Waals surface area (Å²) in [5.41, 5.74) is 0.195. The largest absolute Gasteiger partial charge is 0.356 e. The zero-order valence-electron chi connectivity index (χ0n) is 12.4. The molecular formula is C15H30BrNO. The smallest absolute Gasteiger partial charge is 0.220 e. The van der Waals surface area contributed by atoms with Gasteiger partial charge in [0, 0.05) is 18.3 Å². The maximum Gasteiger partial charge on any atom is 0.220 e. The number of amides is 1. The molecule has 1 amide bonds. The Hall–Kier alpha value is -0.0500. The third-order valence-electron chi connectivity index (χ3n) is 3.29. The summed E-state index contributed by atoms with van der Waals surface area (Å²) in [7, 11) is 0. The van der Waals surface area contributed by atoms with Gasteiger partial charge in [0.15, 0.2) is 0 Å². The molecule has 1 N–H and O–H groups in total. The summed E-state index contributed by atoms with van der Waals surface area (Å²) in [6.07, 6.45) is 9.20. The summed E-state index contributed by atoms with van der Waals surface area (Å²) in [5, 5.41) is 4.04. The Bertz CT molecular complexity index is 217. The Labute approximate surface area is 121 Å². The fourth-order valence-electron chi connectivity index (χ4n) is 1.84. The van der Waals surface area contributed by atoms with E-state index in [0.717, 1.165) is 24.7 Å². The van der Waals surface area contributed by atoms with Gasteiger partial charge in [-0.15, -0.1) is 0 Å². The molecule has 0 unspecified atom stereocenters. The van der Waals surface area contributed by atoms with E-state index in [9.17, 15) is 4.79 Å². The van der Waals surface area contributed by atoms with Gasteiger partial charge in [0.25, 0.3) is 0 Å². The summed E-state index contributed by atoms with van der Waals surface area (Å²) in [6, 6.07) is 0. The van der Waals surface area contributed by atoms with Crippen molar-refractivity contribution >= 4 is 21.8 Å². The number of hydrogen-bond acceptors (Lipinski definition) is 1. The standard InChI is InChI=1S/C15H30BrNO/c1-4-5-6-7-8-9-10-14(18)17-13-15(2,3)11-12-16/h4-13H2,1-3H3,(H,17,18). The molecule has 0 atom stereocenters. The average Bonchev–Trinajstić information content (AvgIpc) is 2.31. The van der Waals surface area contributed by atoms with Gasteiger partial charge in [0.2, 0.25) is 5.91 Å². The number of halogens is 1. The molecule has 3 heteroatoms. The lowest BCUT2D eigenvalue weighted by molar-refractivity contribution is -0.121. The second kappa shape index (κ2) is 10.8. The van der Waals surface area contributed by atoms with Crippen molar-refractivity contribution in [1.82, 2.24) is 5.32 Å². The first-order valence-electron chi connectivity index (χ1n) is 7.34. The molecule has 0 aliphatic rings. The molecule has 0 radical (unpaired) electrons. The van der Waals surface area contributed by atoms with Crippen LogP contribution in [0.2, 0.25) is 0 Å². The van der Waals surface area contributed by atoms with Gasteiger partial charge in [-0.05, 0) is 18.3 Å². The Kier molecular flexibility index (Phi) is 10.8. The average molecular weight is 320 g/mol. The minimum absolute atomic E-state index is 0.195. The number of carbonyl (C=O) groups is 1. The van der Waals surface area contributed by atoms with E-state index in [1.54, 1.807) is 0 Å². The van der Waals surface area contributed by atoms with Crippen molar-refractivity contribution in [2.75, 3.05) is 11.9 Å². The number of rotatable bonds is 11. The van der Waals surface area contributed by atoms with Crippen LogP contribution in [0.15, 0.2) is 0 Å². The first kappa shape index (κ1) is 17.9. The van der Waals surface area contributed by atoms with Crippen LogP contribution in [0.1, 0.15) is 72.1 Å². The van der Waals surface area contributed by atoms with Gasteiger partial charge in [-0.25, -0.2) is 0 Å². The third-order valence-corrected chi connectivity index (χ3v) is 3.69. The van der Waals surface area contributed by atoms with Crippen molar-refractivity contribution < 1.29 is 4.79 Å². The molecule has 0 saturated heterocycles. The third kappa shape index (κ3) is 11.1. The van der Waals surface area contributed by atoms with Crippen LogP contribution < -0.4 is 5.32 Å². The number of unbranched alkanes of at least 4 members (excludes halogenated alkanes) is 5. The lowest BCUT2D eigenvalue weighted by Gasteiger charge is -2.23. The topological polar surface area (TPSA) is 29.1 Å². The number of nitrogens with one attached hydrogen (secondary N) is 1. The van der Waals surface area contributed by atoms with Crippen molar-refractivity contribution in [3.05, 3.63) is 0 Å². The molecule has 18 heavy (non-hydrogen) atoms. The van der Waals surface area contributed by atoms with E-state index in [-0.39, 0.29) is 11.3 Å². The van der Waals surface area contributed by atoms with E-state index in [1.807, 2.05) is 0 Å². The van der Waals surface area contributed by atoms with E-state index < -0.39 is 0 Å². The van der Waals surface area contributed by atoms with Crippen molar-refractivity contribution in [2.45, 2.75) is 72.1 Å². The molecule has 0 aliphatic heterocycles. The van der Waals surface area contributed by atoms with Crippen LogP contribution >= 0.6 is 15.9 Å². The highest BCUT2D eigenvalue weighted by molar-refractivity contribution is 9.09. The van der Waals surface area contributed by atoms with E-state index in [2.05, 4.69) is 42.0 Å². The Morgan fingerprint density at radius 2 is 1.72 bits per heavy atom. The quantitative estimate of drug-likeness (QED) is 0.435. The summed E-state index contributed by atoms with van der Waals surface area (Å²) < 4.78 is 0. The van der Waals surface area contributed by atoms with Crippen LogP contribution in [0.25, 0.3) is 0 Å². The van der Waals surface area contributed by atoms with Gasteiger partial charge < -0.3 is 5.32 Å². The molecule has 2 nitrogen and oxygen atoms in total. The Morgan fingerprint density at radius 3 is 2.33 bits per heavy atom. The molecule has 0 aromatic rings. The predicted octanol–water partition coefficient (Wildman–Crippen LogP) is 4.66. The minimum atomic E-state index is 0.195. The maximum atomic E-state index is 11.7. The van der Waals surface area contributed by atoms with Crippen LogP contribution in [0.4, 0.5) is 0 Å². The molecule has 0 bridgehead atoms. The van der Waals surface area contributed by atoms with E-state index >= 15 is 0 Å². The molecule has 0 saturated carbocycles. The molecule has 0 fully saturated rings.